The number of thioether (sulfide) groups is 1. The Morgan fingerprint density at radius 3 is 2.68 bits per heavy atom. The largest absolute Gasteiger partial charge is 0.324 e. The lowest BCUT2D eigenvalue weighted by atomic mass is 10.1. The summed E-state index contributed by atoms with van der Waals surface area (Å²) in [6.07, 6.45) is 0. The lowest BCUT2D eigenvalue weighted by Crippen LogP contribution is -2.26. The first-order chi connectivity index (χ1) is 10.5. The third kappa shape index (κ3) is 3.18. The molecule has 112 valence electrons. The van der Waals surface area contributed by atoms with E-state index in [-0.39, 0.29) is 17.1 Å². The summed E-state index contributed by atoms with van der Waals surface area (Å²) in [6.45, 7) is 1.86. The molecular weight excluding hydrogens is 364 g/mol. The van der Waals surface area contributed by atoms with Crippen molar-refractivity contribution in [3.8, 4) is 0 Å². The molecule has 22 heavy (non-hydrogen) atoms. The molecule has 2 amide bonds. The van der Waals surface area contributed by atoms with Gasteiger partial charge in [0.25, 0.3) is 5.91 Å². The van der Waals surface area contributed by atoms with E-state index in [9.17, 15) is 9.59 Å². The third-order valence-corrected chi connectivity index (χ3v) is 4.98. The van der Waals surface area contributed by atoms with Crippen molar-refractivity contribution in [2.75, 3.05) is 10.6 Å². The van der Waals surface area contributed by atoms with Crippen molar-refractivity contribution >= 4 is 50.9 Å². The van der Waals surface area contributed by atoms with Crippen LogP contribution in [0.4, 0.5) is 11.4 Å². The van der Waals surface area contributed by atoms with Gasteiger partial charge in [-0.3, -0.25) is 9.59 Å². The van der Waals surface area contributed by atoms with Crippen LogP contribution in [0, 0.1) is 0 Å². The molecule has 0 fully saturated rings. The van der Waals surface area contributed by atoms with Crippen molar-refractivity contribution in [1.29, 1.82) is 0 Å². The quantitative estimate of drug-likeness (QED) is 0.827. The van der Waals surface area contributed by atoms with Crippen LogP contribution in [0.15, 0.2) is 51.8 Å². The van der Waals surface area contributed by atoms with E-state index in [2.05, 4.69) is 26.6 Å². The molecule has 1 aliphatic rings. The number of anilines is 2. The van der Waals surface area contributed by atoms with E-state index in [1.807, 2.05) is 37.3 Å². The maximum atomic E-state index is 12.3. The summed E-state index contributed by atoms with van der Waals surface area (Å²) in [5.41, 5.74) is 1.92. The Hall–Kier alpha value is -1.79. The minimum Gasteiger partial charge on any atom is -0.324 e. The lowest BCUT2D eigenvalue weighted by molar-refractivity contribution is -0.115. The Bertz CT molecular complexity index is 746. The molecule has 0 bridgehead atoms. The molecule has 1 atom stereocenters. The molecule has 2 aromatic rings. The molecule has 0 unspecified atom stereocenters. The lowest BCUT2D eigenvalue weighted by Gasteiger charge is -2.21. The van der Waals surface area contributed by atoms with Crippen molar-refractivity contribution in [3.63, 3.8) is 0 Å². The number of benzene rings is 2. The summed E-state index contributed by atoms with van der Waals surface area (Å²) in [7, 11) is 0. The highest BCUT2D eigenvalue weighted by Gasteiger charge is 2.23. The first-order valence-electron chi connectivity index (χ1n) is 6.71. The Morgan fingerprint density at radius 2 is 1.95 bits per heavy atom. The molecule has 0 aromatic heterocycles. The van der Waals surface area contributed by atoms with E-state index < -0.39 is 0 Å². The second kappa shape index (κ2) is 6.14. The third-order valence-electron chi connectivity index (χ3n) is 3.27. The van der Waals surface area contributed by atoms with Crippen LogP contribution in [0.2, 0.25) is 0 Å². The van der Waals surface area contributed by atoms with Crippen LogP contribution >= 0.6 is 27.7 Å². The SMILES string of the molecule is C[C@H]1Sc2ccc(C(=O)Nc3ccc(Br)cc3)cc2NC1=O. The van der Waals surface area contributed by atoms with Gasteiger partial charge in [-0.05, 0) is 49.4 Å². The van der Waals surface area contributed by atoms with Crippen LogP contribution in [-0.2, 0) is 4.79 Å². The number of fused-ring (bicyclic) bond motifs is 1. The second-order valence-electron chi connectivity index (χ2n) is 4.92. The average molecular weight is 377 g/mol. The standard InChI is InChI=1S/C16H13BrN2O2S/c1-9-15(20)19-13-8-10(2-7-14(13)22-9)16(21)18-12-5-3-11(17)4-6-12/h2-9H,1H3,(H,18,21)(H,19,20)/t9-/m1/s1. The van der Waals surface area contributed by atoms with Gasteiger partial charge in [-0.15, -0.1) is 11.8 Å². The van der Waals surface area contributed by atoms with Crippen molar-refractivity contribution in [2.24, 2.45) is 0 Å². The number of halogens is 1. The maximum absolute atomic E-state index is 12.3. The van der Waals surface area contributed by atoms with E-state index >= 15 is 0 Å². The zero-order valence-corrected chi connectivity index (χ0v) is 14.1. The van der Waals surface area contributed by atoms with E-state index in [1.165, 1.54) is 11.8 Å². The van der Waals surface area contributed by atoms with Crippen LogP contribution in [0.1, 0.15) is 17.3 Å². The summed E-state index contributed by atoms with van der Waals surface area (Å²) >= 11 is 4.85. The molecule has 0 radical (unpaired) electrons. The van der Waals surface area contributed by atoms with Crippen molar-refractivity contribution in [1.82, 2.24) is 0 Å². The minimum atomic E-state index is -0.206. The fraction of sp³-hybridized carbons (Fsp3) is 0.125. The summed E-state index contributed by atoms with van der Waals surface area (Å²) in [6, 6.07) is 12.7. The minimum absolute atomic E-state index is 0.0389. The van der Waals surface area contributed by atoms with Gasteiger partial charge in [0, 0.05) is 20.6 Å². The second-order valence-corrected chi connectivity index (χ2v) is 7.22. The molecule has 0 aliphatic carbocycles. The highest BCUT2D eigenvalue weighted by molar-refractivity contribution is 9.10. The van der Waals surface area contributed by atoms with Gasteiger partial charge in [0.1, 0.15) is 0 Å². The van der Waals surface area contributed by atoms with E-state index in [0.717, 1.165) is 15.1 Å². The number of amides is 2. The molecule has 1 aliphatic heterocycles. The topological polar surface area (TPSA) is 58.2 Å². The van der Waals surface area contributed by atoms with Gasteiger partial charge in [0.05, 0.1) is 10.9 Å². The molecule has 6 heteroatoms. The van der Waals surface area contributed by atoms with Crippen molar-refractivity contribution < 1.29 is 9.59 Å². The summed E-state index contributed by atoms with van der Waals surface area (Å²) in [4.78, 5) is 25.0. The van der Waals surface area contributed by atoms with Gasteiger partial charge in [-0.1, -0.05) is 15.9 Å². The van der Waals surface area contributed by atoms with Crippen molar-refractivity contribution in [2.45, 2.75) is 17.1 Å². The first kappa shape index (κ1) is 15.1. The molecular formula is C16H13BrN2O2S. The zero-order chi connectivity index (χ0) is 15.7. The summed E-state index contributed by atoms with van der Waals surface area (Å²) < 4.78 is 0.952. The molecule has 2 N–H and O–H groups in total. The molecule has 3 rings (SSSR count). The normalized spacial score (nSPS) is 16.6. The van der Waals surface area contributed by atoms with Gasteiger partial charge >= 0.3 is 0 Å². The fourth-order valence-corrected chi connectivity index (χ4v) is 3.28. The predicted molar refractivity (Wildman–Crippen MR) is 92.5 cm³/mol. The number of hydrogen-bond acceptors (Lipinski definition) is 3. The fourth-order valence-electron chi connectivity index (χ4n) is 2.09. The summed E-state index contributed by atoms with van der Waals surface area (Å²) in [5.74, 6) is -0.244. The van der Waals surface area contributed by atoms with Gasteiger partial charge in [0.15, 0.2) is 0 Å². The van der Waals surface area contributed by atoms with Crippen LogP contribution in [-0.4, -0.2) is 17.1 Å². The Balaban J connectivity index is 1.80. The van der Waals surface area contributed by atoms with Gasteiger partial charge in [-0.25, -0.2) is 0 Å². The molecule has 0 saturated heterocycles. The molecule has 1 heterocycles. The van der Waals surface area contributed by atoms with Gasteiger partial charge in [-0.2, -0.15) is 0 Å². The zero-order valence-electron chi connectivity index (χ0n) is 11.7. The number of rotatable bonds is 2. The molecule has 4 nitrogen and oxygen atoms in total. The Kier molecular flexibility index (Phi) is 4.22. The average Bonchev–Trinajstić information content (AvgIpc) is 2.50. The number of carbonyl (C=O) groups is 2. The Labute approximate surface area is 140 Å². The first-order valence-corrected chi connectivity index (χ1v) is 8.39. The van der Waals surface area contributed by atoms with Gasteiger partial charge in [0.2, 0.25) is 5.91 Å². The highest BCUT2D eigenvalue weighted by atomic mass is 79.9. The van der Waals surface area contributed by atoms with E-state index in [0.29, 0.717) is 11.3 Å². The van der Waals surface area contributed by atoms with Crippen LogP contribution < -0.4 is 10.6 Å². The monoisotopic (exact) mass is 376 g/mol. The van der Waals surface area contributed by atoms with Crippen molar-refractivity contribution in [3.05, 3.63) is 52.5 Å². The van der Waals surface area contributed by atoms with Gasteiger partial charge < -0.3 is 10.6 Å². The molecule has 0 spiro atoms. The summed E-state index contributed by atoms with van der Waals surface area (Å²) in [5, 5.41) is 5.55. The van der Waals surface area contributed by atoms with E-state index in [1.54, 1.807) is 12.1 Å². The maximum Gasteiger partial charge on any atom is 0.255 e. The van der Waals surface area contributed by atoms with Crippen LogP contribution in [0.5, 0.6) is 0 Å². The molecule has 2 aromatic carbocycles. The number of carbonyl (C=O) groups excluding carboxylic acids is 2. The van der Waals surface area contributed by atoms with Crippen LogP contribution in [0.25, 0.3) is 0 Å². The smallest absolute Gasteiger partial charge is 0.255 e. The number of hydrogen-bond donors (Lipinski definition) is 2. The van der Waals surface area contributed by atoms with E-state index in [4.69, 9.17) is 0 Å². The highest BCUT2D eigenvalue weighted by Crippen LogP contribution is 2.36. The Morgan fingerprint density at radius 1 is 1.23 bits per heavy atom. The predicted octanol–water partition coefficient (Wildman–Crippen LogP) is 4.13. The number of nitrogens with one attached hydrogen (secondary N) is 2. The molecule has 0 saturated carbocycles. The van der Waals surface area contributed by atoms with Crippen LogP contribution in [0.3, 0.4) is 0 Å².